The van der Waals surface area contributed by atoms with E-state index in [-0.39, 0.29) is 42.4 Å². The van der Waals surface area contributed by atoms with Crippen molar-refractivity contribution >= 4 is 0 Å². The summed E-state index contributed by atoms with van der Waals surface area (Å²) in [5.41, 5.74) is 0. The second kappa shape index (κ2) is 9.04. The van der Waals surface area contributed by atoms with Crippen molar-refractivity contribution in [3.8, 4) is 0 Å². The Morgan fingerprint density at radius 3 is 1.33 bits per heavy atom. The molecule has 0 unspecified atom stereocenters. The van der Waals surface area contributed by atoms with Crippen LogP contribution in [-0.4, -0.2) is 10.6 Å². The van der Waals surface area contributed by atoms with E-state index in [0.29, 0.717) is 0 Å². The summed E-state index contributed by atoms with van der Waals surface area (Å²) >= 11 is 0. The van der Waals surface area contributed by atoms with Gasteiger partial charge in [-0.25, -0.2) is 0 Å². The van der Waals surface area contributed by atoms with Crippen LogP contribution in [0.2, 0.25) is 0 Å². The van der Waals surface area contributed by atoms with E-state index >= 15 is 0 Å². The summed E-state index contributed by atoms with van der Waals surface area (Å²) in [4.78, 5) is 8.25. The zero-order chi connectivity index (χ0) is 3.58. The minimum atomic E-state index is -1.75. The van der Waals surface area contributed by atoms with E-state index in [1.165, 1.54) is 0 Å². The van der Waals surface area contributed by atoms with Gasteiger partial charge in [-0.05, 0) is 0 Å². The molecule has 0 aromatic carbocycles. The van der Waals surface area contributed by atoms with Crippen molar-refractivity contribution < 1.29 is 47.4 Å². The minimum absolute atomic E-state index is 0. The standard InChI is InChI=1S/NO3.H2O.Tm/c2-1(3)4;;/h;1H2;/q-1;;+3. The second-order valence-corrected chi connectivity index (χ2v) is 0.224. The van der Waals surface area contributed by atoms with Gasteiger partial charge in [-0.15, -0.1) is 0 Å². The van der Waals surface area contributed by atoms with E-state index in [4.69, 9.17) is 15.3 Å². The van der Waals surface area contributed by atoms with E-state index in [0.717, 1.165) is 0 Å². The molecule has 0 aromatic heterocycles. The molecule has 0 aliphatic heterocycles. The molecule has 0 aliphatic carbocycles. The molecule has 42 valence electrons. The van der Waals surface area contributed by atoms with Gasteiger partial charge in [-0.3, -0.25) is 0 Å². The molecule has 0 saturated carbocycles. The Hall–Kier alpha value is 0.394. The molecule has 6 heavy (non-hydrogen) atoms. The molecule has 0 bridgehead atoms. The average Bonchev–Trinajstić information content (AvgIpc) is 0.811. The molecule has 0 saturated heterocycles. The van der Waals surface area contributed by atoms with Crippen LogP contribution < -0.4 is 0 Å². The molecular weight excluding hydrogens is 247 g/mol. The maximum absolute atomic E-state index is 8.25. The first-order valence-electron chi connectivity index (χ1n) is 0.548. The maximum Gasteiger partial charge on any atom is 3.00 e. The Kier molecular flexibility index (Phi) is 24.3. The molecule has 5 nitrogen and oxygen atoms in total. The summed E-state index contributed by atoms with van der Waals surface area (Å²) in [6.07, 6.45) is 0. The monoisotopic (exact) mass is 249 g/mol. The zero-order valence-electron chi connectivity index (χ0n) is 2.45. The van der Waals surface area contributed by atoms with Crippen LogP contribution in [0, 0.1) is 52.2 Å². The molecule has 0 atom stereocenters. The summed E-state index contributed by atoms with van der Waals surface area (Å²) in [6.45, 7) is 0. The van der Waals surface area contributed by atoms with Gasteiger partial charge in [0.05, 0.1) is 5.09 Å². The van der Waals surface area contributed by atoms with E-state index < -0.39 is 5.09 Å². The van der Waals surface area contributed by atoms with Gasteiger partial charge in [-0.2, -0.15) is 0 Å². The topological polar surface area (TPSA) is 97.7 Å². The van der Waals surface area contributed by atoms with Crippen LogP contribution in [0.15, 0.2) is 0 Å². The SMILES string of the molecule is O.O=[N+]([O-])[O-].[Tm+3]. The van der Waals surface area contributed by atoms with Gasteiger partial charge in [0.1, 0.15) is 0 Å². The van der Waals surface area contributed by atoms with Gasteiger partial charge in [0.15, 0.2) is 0 Å². The molecule has 0 radical (unpaired) electrons. The fourth-order valence-electron chi connectivity index (χ4n) is 0. The van der Waals surface area contributed by atoms with Crippen molar-refractivity contribution in [1.82, 2.24) is 0 Å². The normalized spacial score (nSPS) is 4.00. The van der Waals surface area contributed by atoms with Crippen LogP contribution >= 0.6 is 0 Å². The summed E-state index contributed by atoms with van der Waals surface area (Å²) in [5.74, 6) is 0. The average molecular weight is 249 g/mol. The Bertz CT molecular complexity index is 30.5. The summed E-state index contributed by atoms with van der Waals surface area (Å²) in [5, 5.41) is 14.8. The van der Waals surface area contributed by atoms with Crippen LogP contribution in [0.5, 0.6) is 0 Å². The first kappa shape index (κ1) is 16.2. The zero-order valence-corrected chi connectivity index (χ0v) is 4.23. The largest absolute Gasteiger partial charge is 3.00 e. The van der Waals surface area contributed by atoms with E-state index in [2.05, 4.69) is 0 Å². The molecule has 0 rings (SSSR count). The third kappa shape index (κ3) is 326. The van der Waals surface area contributed by atoms with Gasteiger partial charge >= 0.3 is 36.9 Å². The Balaban J connectivity index is -0.0000000450. The summed E-state index contributed by atoms with van der Waals surface area (Å²) in [7, 11) is 0. The predicted molar refractivity (Wildman–Crippen MR) is 14.0 cm³/mol. The molecule has 0 fully saturated rings. The molecule has 0 amide bonds. The van der Waals surface area contributed by atoms with Crippen molar-refractivity contribution in [2.75, 3.05) is 0 Å². The van der Waals surface area contributed by atoms with Gasteiger partial charge in [0.25, 0.3) is 0 Å². The smallest absolute Gasteiger partial charge is 0.412 e. The van der Waals surface area contributed by atoms with E-state index in [1.54, 1.807) is 0 Å². The third-order valence-electron chi connectivity index (χ3n) is 0. The molecule has 0 heterocycles. The van der Waals surface area contributed by atoms with E-state index in [1.807, 2.05) is 0 Å². The molecule has 6 heteroatoms. The molecule has 0 aromatic rings. The van der Waals surface area contributed by atoms with Crippen molar-refractivity contribution in [2.45, 2.75) is 0 Å². The Labute approximate surface area is 62.6 Å². The number of hydrogen-bond acceptors (Lipinski definition) is 3. The van der Waals surface area contributed by atoms with E-state index in [9.17, 15) is 0 Å². The number of hydrogen-bond donors (Lipinski definition) is 0. The predicted octanol–water partition coefficient (Wildman–Crippen LogP) is -1.06. The van der Waals surface area contributed by atoms with Crippen molar-refractivity contribution in [2.24, 2.45) is 0 Å². The first-order valence-corrected chi connectivity index (χ1v) is 0.548. The second-order valence-electron chi connectivity index (χ2n) is 0.224. The van der Waals surface area contributed by atoms with Crippen LogP contribution in [0.4, 0.5) is 0 Å². The molecular formula is H2NO4Tm+2. The third-order valence-corrected chi connectivity index (χ3v) is 0. The van der Waals surface area contributed by atoms with Crippen molar-refractivity contribution in [3.63, 3.8) is 0 Å². The molecule has 0 spiro atoms. The van der Waals surface area contributed by atoms with Crippen LogP contribution in [-0.2, 0) is 0 Å². The molecule has 0 aliphatic rings. The van der Waals surface area contributed by atoms with Gasteiger partial charge in [0.2, 0.25) is 0 Å². The fourth-order valence-corrected chi connectivity index (χ4v) is 0. The molecule has 2 N–H and O–H groups in total. The van der Waals surface area contributed by atoms with Crippen molar-refractivity contribution in [1.29, 1.82) is 0 Å². The summed E-state index contributed by atoms with van der Waals surface area (Å²) in [6, 6.07) is 0. The Morgan fingerprint density at radius 2 is 1.33 bits per heavy atom. The fraction of sp³-hybridized carbons (Fsp3) is 0. The number of nitrogens with zero attached hydrogens (tertiary/aromatic N) is 1. The van der Waals surface area contributed by atoms with Crippen LogP contribution in [0.25, 0.3) is 0 Å². The Morgan fingerprint density at radius 1 is 1.33 bits per heavy atom. The van der Waals surface area contributed by atoms with Gasteiger partial charge in [-0.1, -0.05) is 0 Å². The van der Waals surface area contributed by atoms with Crippen molar-refractivity contribution in [3.05, 3.63) is 15.3 Å². The van der Waals surface area contributed by atoms with Crippen LogP contribution in [0.3, 0.4) is 0 Å². The summed E-state index contributed by atoms with van der Waals surface area (Å²) < 4.78 is 0. The first-order chi connectivity index (χ1) is 1.73. The number of rotatable bonds is 0. The van der Waals surface area contributed by atoms with Gasteiger partial charge in [0, 0.05) is 0 Å². The quantitative estimate of drug-likeness (QED) is 0.404. The van der Waals surface area contributed by atoms with Gasteiger partial charge < -0.3 is 20.8 Å². The maximum atomic E-state index is 8.25. The van der Waals surface area contributed by atoms with Crippen LogP contribution in [0.1, 0.15) is 0 Å². The minimum Gasteiger partial charge on any atom is -0.412 e.